The molecule has 27 heavy (non-hydrogen) atoms. The summed E-state index contributed by atoms with van der Waals surface area (Å²) in [7, 11) is -3.52. The molecule has 1 aliphatic rings. The van der Waals surface area contributed by atoms with Crippen molar-refractivity contribution in [2.45, 2.75) is 36.1 Å². The van der Waals surface area contributed by atoms with Gasteiger partial charge in [-0.1, -0.05) is 18.2 Å². The van der Waals surface area contributed by atoms with Gasteiger partial charge in [0.15, 0.2) is 0 Å². The fraction of sp³-hybridized carbons (Fsp3) is 0.421. The van der Waals surface area contributed by atoms with Crippen LogP contribution < -0.4 is 4.90 Å². The monoisotopic (exact) mass is 405 g/mol. The largest absolute Gasteiger partial charge is 0.386 e. The number of sulfonamides is 1. The molecule has 1 saturated heterocycles. The Kier molecular flexibility index (Phi) is 5.58. The molecule has 1 fully saturated rings. The van der Waals surface area contributed by atoms with Gasteiger partial charge >= 0.3 is 0 Å². The molecule has 0 unspecified atom stereocenters. The minimum absolute atomic E-state index is 0.216. The number of hydrogen-bond acceptors (Lipinski definition) is 6. The lowest BCUT2D eigenvalue weighted by molar-refractivity contribution is 0.0786. The van der Waals surface area contributed by atoms with Crippen LogP contribution in [0, 0.1) is 11.3 Å². The van der Waals surface area contributed by atoms with E-state index >= 15 is 0 Å². The summed E-state index contributed by atoms with van der Waals surface area (Å²) in [6, 6.07) is 12.9. The average Bonchev–Trinajstić information content (AvgIpc) is 3.17. The Labute approximate surface area is 164 Å². The number of nitrogens with zero attached hydrogens (tertiary/aromatic N) is 3. The van der Waals surface area contributed by atoms with E-state index in [0.717, 1.165) is 11.3 Å². The van der Waals surface area contributed by atoms with Gasteiger partial charge in [-0.2, -0.15) is 9.57 Å². The normalized spacial score (nSPS) is 19.0. The number of anilines is 1. The second-order valence-corrected chi connectivity index (χ2v) is 10.2. The molecule has 0 amide bonds. The average molecular weight is 406 g/mol. The maximum atomic E-state index is 12.8. The molecule has 0 spiro atoms. The Morgan fingerprint density at radius 1 is 1.26 bits per heavy atom. The molecule has 0 saturated carbocycles. The van der Waals surface area contributed by atoms with Crippen LogP contribution in [0.3, 0.4) is 0 Å². The predicted octanol–water partition coefficient (Wildman–Crippen LogP) is 2.77. The van der Waals surface area contributed by atoms with Crippen molar-refractivity contribution in [3.05, 3.63) is 47.3 Å². The van der Waals surface area contributed by atoms with E-state index in [9.17, 15) is 18.8 Å². The number of piperazine rings is 1. The maximum absolute atomic E-state index is 12.8. The van der Waals surface area contributed by atoms with E-state index in [4.69, 9.17) is 0 Å². The van der Waals surface area contributed by atoms with Crippen LogP contribution in [0.1, 0.15) is 25.8 Å². The highest BCUT2D eigenvalue weighted by Crippen LogP contribution is 2.29. The fourth-order valence-corrected chi connectivity index (χ4v) is 5.88. The van der Waals surface area contributed by atoms with E-state index in [0.29, 0.717) is 17.3 Å². The SMILES string of the molecule is CC(C)(O)c1ccc(N2CCN(S(=O)(=O)c3cccs3)C[C@H]2CC#N)cc1. The first kappa shape index (κ1) is 19.8. The van der Waals surface area contributed by atoms with Gasteiger partial charge in [-0.3, -0.25) is 0 Å². The second-order valence-electron chi connectivity index (χ2n) is 7.11. The number of aliphatic hydroxyl groups is 1. The van der Waals surface area contributed by atoms with Crippen LogP contribution in [0.2, 0.25) is 0 Å². The molecule has 0 bridgehead atoms. The van der Waals surface area contributed by atoms with Crippen molar-refractivity contribution in [3.63, 3.8) is 0 Å². The molecule has 0 radical (unpaired) electrons. The molecule has 2 heterocycles. The molecule has 2 aromatic rings. The van der Waals surface area contributed by atoms with Crippen LogP contribution >= 0.6 is 11.3 Å². The number of nitriles is 1. The molecule has 8 heteroatoms. The molecular formula is C19H23N3O3S2. The topological polar surface area (TPSA) is 84.6 Å². The predicted molar refractivity (Wildman–Crippen MR) is 106 cm³/mol. The molecule has 3 rings (SSSR count). The smallest absolute Gasteiger partial charge is 0.252 e. The van der Waals surface area contributed by atoms with Crippen LogP contribution in [0.25, 0.3) is 0 Å². The standard InChI is InChI=1S/C19H23N3O3S2/c1-19(2,23)15-5-7-16(8-6-15)22-12-11-21(14-17(22)9-10-20)27(24,25)18-4-3-13-26-18/h3-8,13,17,23H,9,11-12,14H2,1-2H3/t17-/m1/s1. The molecule has 0 aliphatic carbocycles. The summed E-state index contributed by atoms with van der Waals surface area (Å²) < 4.78 is 27.4. The lowest BCUT2D eigenvalue weighted by Gasteiger charge is -2.41. The Hall–Kier alpha value is -1.92. The van der Waals surface area contributed by atoms with Gasteiger partial charge in [0.2, 0.25) is 0 Å². The molecule has 1 N–H and O–H groups in total. The zero-order valence-electron chi connectivity index (χ0n) is 15.4. The summed E-state index contributed by atoms with van der Waals surface area (Å²) >= 11 is 1.21. The van der Waals surface area contributed by atoms with Crippen molar-refractivity contribution in [3.8, 4) is 6.07 Å². The van der Waals surface area contributed by atoms with Crippen LogP contribution in [-0.4, -0.2) is 43.5 Å². The van der Waals surface area contributed by atoms with Crippen molar-refractivity contribution >= 4 is 27.0 Å². The Balaban J connectivity index is 1.82. The van der Waals surface area contributed by atoms with Crippen molar-refractivity contribution in [1.82, 2.24) is 4.31 Å². The van der Waals surface area contributed by atoms with E-state index < -0.39 is 15.6 Å². The van der Waals surface area contributed by atoms with Crippen molar-refractivity contribution in [2.24, 2.45) is 0 Å². The van der Waals surface area contributed by atoms with E-state index in [1.54, 1.807) is 31.4 Å². The van der Waals surface area contributed by atoms with E-state index in [-0.39, 0.29) is 19.0 Å². The highest BCUT2D eigenvalue weighted by molar-refractivity contribution is 7.91. The Morgan fingerprint density at radius 3 is 2.52 bits per heavy atom. The first-order valence-corrected chi connectivity index (χ1v) is 11.1. The van der Waals surface area contributed by atoms with Gasteiger partial charge in [0.1, 0.15) is 4.21 Å². The molecule has 1 aromatic carbocycles. The molecule has 1 atom stereocenters. The minimum atomic E-state index is -3.52. The number of hydrogen-bond donors (Lipinski definition) is 1. The van der Waals surface area contributed by atoms with Gasteiger partial charge in [0.05, 0.1) is 24.1 Å². The first-order chi connectivity index (χ1) is 12.7. The van der Waals surface area contributed by atoms with Gasteiger partial charge < -0.3 is 10.0 Å². The third-order valence-electron chi connectivity index (χ3n) is 4.77. The van der Waals surface area contributed by atoms with Gasteiger partial charge in [0, 0.05) is 25.3 Å². The van der Waals surface area contributed by atoms with Crippen molar-refractivity contribution in [1.29, 1.82) is 5.26 Å². The van der Waals surface area contributed by atoms with Crippen molar-refractivity contribution in [2.75, 3.05) is 24.5 Å². The third kappa shape index (κ3) is 4.17. The Morgan fingerprint density at radius 2 is 1.96 bits per heavy atom. The zero-order valence-corrected chi connectivity index (χ0v) is 17.0. The summed E-state index contributed by atoms with van der Waals surface area (Å²) in [6.45, 7) is 4.62. The second kappa shape index (κ2) is 7.60. The van der Waals surface area contributed by atoms with Gasteiger partial charge in [-0.15, -0.1) is 11.3 Å². The summed E-state index contributed by atoms with van der Waals surface area (Å²) in [5, 5.41) is 21.1. The molecule has 1 aliphatic heterocycles. The summed E-state index contributed by atoms with van der Waals surface area (Å²) in [5.74, 6) is 0. The lowest BCUT2D eigenvalue weighted by Crippen LogP contribution is -2.54. The van der Waals surface area contributed by atoms with Crippen LogP contribution in [0.15, 0.2) is 46.0 Å². The molecule has 6 nitrogen and oxygen atoms in total. The van der Waals surface area contributed by atoms with Crippen LogP contribution in [-0.2, 0) is 15.6 Å². The summed E-state index contributed by atoms with van der Waals surface area (Å²) in [4.78, 5) is 2.08. The highest BCUT2D eigenvalue weighted by atomic mass is 32.2. The number of rotatable bonds is 5. The minimum Gasteiger partial charge on any atom is -0.386 e. The van der Waals surface area contributed by atoms with Gasteiger partial charge in [-0.05, 0) is 43.0 Å². The lowest BCUT2D eigenvalue weighted by atomic mass is 9.98. The maximum Gasteiger partial charge on any atom is 0.252 e. The quantitative estimate of drug-likeness (QED) is 0.827. The van der Waals surface area contributed by atoms with E-state index in [1.807, 2.05) is 24.3 Å². The van der Waals surface area contributed by atoms with Gasteiger partial charge in [0.25, 0.3) is 10.0 Å². The molecule has 1 aromatic heterocycles. The first-order valence-electron chi connectivity index (χ1n) is 8.73. The van der Waals surface area contributed by atoms with Crippen LogP contribution in [0.5, 0.6) is 0 Å². The molecular weight excluding hydrogens is 382 g/mol. The van der Waals surface area contributed by atoms with Crippen LogP contribution in [0.4, 0.5) is 5.69 Å². The zero-order chi connectivity index (χ0) is 19.7. The van der Waals surface area contributed by atoms with E-state index in [1.165, 1.54) is 15.6 Å². The third-order valence-corrected chi connectivity index (χ3v) is 8.01. The Bertz CT molecular complexity index is 911. The number of benzene rings is 1. The van der Waals surface area contributed by atoms with Gasteiger partial charge in [-0.25, -0.2) is 8.42 Å². The summed E-state index contributed by atoms with van der Waals surface area (Å²) in [5.41, 5.74) is 0.816. The van der Waals surface area contributed by atoms with E-state index in [2.05, 4.69) is 11.0 Å². The summed E-state index contributed by atoms with van der Waals surface area (Å²) in [6.07, 6.45) is 0.240. The fourth-order valence-electron chi connectivity index (χ4n) is 3.26. The number of thiophene rings is 1. The molecule has 144 valence electrons. The highest BCUT2D eigenvalue weighted by Gasteiger charge is 2.34. The van der Waals surface area contributed by atoms with Crippen molar-refractivity contribution < 1.29 is 13.5 Å².